The number of carbonyl (C=O) groups excluding carboxylic acids is 1. The van der Waals surface area contributed by atoms with Gasteiger partial charge in [0.1, 0.15) is 0 Å². The van der Waals surface area contributed by atoms with Gasteiger partial charge in [0.15, 0.2) is 5.60 Å². The minimum atomic E-state index is -4.72. The van der Waals surface area contributed by atoms with Crippen molar-refractivity contribution in [3.8, 4) is 0 Å². The van der Waals surface area contributed by atoms with Gasteiger partial charge in [-0.2, -0.15) is 13.2 Å². The van der Waals surface area contributed by atoms with Crippen molar-refractivity contribution >= 4 is 5.97 Å². The molecule has 0 rings (SSSR count). The predicted octanol–water partition coefficient (Wildman–Crippen LogP) is 2.61. The van der Waals surface area contributed by atoms with Crippen molar-refractivity contribution in [3.63, 3.8) is 0 Å². The van der Waals surface area contributed by atoms with Gasteiger partial charge in [0.25, 0.3) is 0 Å². The van der Waals surface area contributed by atoms with E-state index in [1.165, 1.54) is 0 Å². The van der Waals surface area contributed by atoms with Gasteiger partial charge >= 0.3 is 12.1 Å². The third-order valence-corrected chi connectivity index (χ3v) is 2.64. The number of esters is 1. The van der Waals surface area contributed by atoms with Crippen molar-refractivity contribution in [2.24, 2.45) is 0 Å². The number of carbonyl (C=O) groups is 1. The largest absolute Gasteiger partial charge is 0.462 e. The molecule has 0 aliphatic carbocycles. The van der Waals surface area contributed by atoms with Crippen LogP contribution in [0.25, 0.3) is 0 Å². The first-order valence-electron chi connectivity index (χ1n) is 6.33. The molecule has 1 atom stereocenters. The van der Waals surface area contributed by atoms with Crippen LogP contribution in [0.1, 0.15) is 33.1 Å². The van der Waals surface area contributed by atoms with Crippen LogP contribution >= 0.6 is 0 Å². The van der Waals surface area contributed by atoms with E-state index < -0.39 is 24.2 Å². The number of unbranched alkanes of at least 4 members (excludes halogenated alkanes) is 1. The second-order valence-electron chi connectivity index (χ2n) is 4.67. The minimum absolute atomic E-state index is 0.0350. The molecule has 118 valence electrons. The zero-order valence-corrected chi connectivity index (χ0v) is 11.8. The van der Waals surface area contributed by atoms with Crippen molar-refractivity contribution in [1.29, 1.82) is 0 Å². The van der Waals surface area contributed by atoms with Gasteiger partial charge in [0.05, 0.1) is 25.4 Å². The molecule has 0 saturated carbocycles. The van der Waals surface area contributed by atoms with Crippen molar-refractivity contribution in [2.45, 2.75) is 44.9 Å². The lowest BCUT2D eigenvalue weighted by molar-refractivity contribution is -0.257. The van der Waals surface area contributed by atoms with Crippen LogP contribution in [0.3, 0.4) is 0 Å². The van der Waals surface area contributed by atoms with E-state index in [1.54, 1.807) is 0 Å². The number of ether oxygens (including phenoxy) is 2. The third-order valence-electron chi connectivity index (χ3n) is 2.64. The fourth-order valence-corrected chi connectivity index (χ4v) is 1.08. The topological polar surface area (TPSA) is 55.8 Å². The van der Waals surface area contributed by atoms with Crippen LogP contribution in [0.2, 0.25) is 0 Å². The fraction of sp³-hybridized carbons (Fsp3) is 0.769. The lowest BCUT2D eigenvalue weighted by Crippen LogP contribution is -2.43. The van der Waals surface area contributed by atoms with Crippen molar-refractivity contribution < 1.29 is 32.5 Å². The normalized spacial score (nSPS) is 14.7. The summed E-state index contributed by atoms with van der Waals surface area (Å²) < 4.78 is 46.7. The maximum Gasteiger partial charge on any atom is 0.416 e. The standard InChI is InChI=1S/C13H21F3O4/c1-4-5-7-20-11(17)10(2)9-19-8-6-12(3,18)13(14,15)16/h18H,2,4-9H2,1,3H3. The van der Waals surface area contributed by atoms with E-state index in [9.17, 15) is 18.0 Å². The zero-order chi connectivity index (χ0) is 15.8. The average Bonchev–Trinajstić information content (AvgIpc) is 2.33. The van der Waals surface area contributed by atoms with Gasteiger partial charge in [-0.15, -0.1) is 0 Å². The van der Waals surface area contributed by atoms with Crippen molar-refractivity contribution in [3.05, 3.63) is 12.2 Å². The van der Waals surface area contributed by atoms with E-state index in [4.69, 9.17) is 14.6 Å². The Morgan fingerprint density at radius 3 is 2.40 bits per heavy atom. The minimum Gasteiger partial charge on any atom is -0.462 e. The molecule has 0 aliphatic rings. The predicted molar refractivity (Wildman–Crippen MR) is 67.1 cm³/mol. The highest BCUT2D eigenvalue weighted by Crippen LogP contribution is 2.32. The fourth-order valence-electron chi connectivity index (χ4n) is 1.08. The lowest BCUT2D eigenvalue weighted by atomic mass is 10.0. The summed E-state index contributed by atoms with van der Waals surface area (Å²) in [5.74, 6) is -0.624. The molecule has 0 aromatic heterocycles. The molecule has 0 fully saturated rings. The Labute approximate surface area is 116 Å². The molecule has 0 amide bonds. The molecule has 0 aliphatic heterocycles. The van der Waals surface area contributed by atoms with E-state index in [-0.39, 0.29) is 25.4 Å². The molecule has 0 heterocycles. The molecule has 0 aromatic rings. The highest BCUT2D eigenvalue weighted by Gasteiger charge is 2.49. The number of aliphatic hydroxyl groups is 1. The third kappa shape index (κ3) is 6.91. The summed E-state index contributed by atoms with van der Waals surface area (Å²) in [5.41, 5.74) is -2.77. The quantitative estimate of drug-likeness (QED) is 0.404. The summed E-state index contributed by atoms with van der Waals surface area (Å²) in [6, 6.07) is 0. The molecule has 1 N–H and O–H groups in total. The Kier molecular flexibility index (Phi) is 7.82. The number of hydrogen-bond donors (Lipinski definition) is 1. The zero-order valence-electron chi connectivity index (χ0n) is 11.8. The van der Waals surface area contributed by atoms with Crippen molar-refractivity contribution in [2.75, 3.05) is 19.8 Å². The second kappa shape index (κ2) is 8.26. The van der Waals surface area contributed by atoms with E-state index >= 15 is 0 Å². The molecule has 0 aromatic carbocycles. The maximum absolute atomic E-state index is 12.3. The Hall–Kier alpha value is -1.08. The van der Waals surface area contributed by atoms with Gasteiger partial charge in [-0.1, -0.05) is 19.9 Å². The van der Waals surface area contributed by atoms with E-state index in [1.807, 2.05) is 6.92 Å². The van der Waals surface area contributed by atoms with Crippen LogP contribution in [-0.2, 0) is 14.3 Å². The average molecular weight is 298 g/mol. The summed E-state index contributed by atoms with van der Waals surface area (Å²) in [4.78, 5) is 11.3. The smallest absolute Gasteiger partial charge is 0.416 e. The van der Waals surface area contributed by atoms with Crippen LogP contribution in [0.4, 0.5) is 13.2 Å². The van der Waals surface area contributed by atoms with E-state index in [2.05, 4.69) is 6.58 Å². The number of rotatable bonds is 9. The number of alkyl halides is 3. The molecule has 4 nitrogen and oxygen atoms in total. The summed E-state index contributed by atoms with van der Waals surface area (Å²) in [7, 11) is 0. The molecular formula is C13H21F3O4. The van der Waals surface area contributed by atoms with Gasteiger partial charge in [-0.05, 0) is 13.3 Å². The Morgan fingerprint density at radius 2 is 1.90 bits per heavy atom. The van der Waals surface area contributed by atoms with Gasteiger partial charge in [0.2, 0.25) is 0 Å². The summed E-state index contributed by atoms with van der Waals surface area (Å²) in [6.45, 7) is 5.76. The summed E-state index contributed by atoms with van der Waals surface area (Å²) >= 11 is 0. The van der Waals surface area contributed by atoms with Crippen LogP contribution in [0, 0.1) is 0 Å². The number of halogens is 3. The Morgan fingerprint density at radius 1 is 1.30 bits per heavy atom. The van der Waals surface area contributed by atoms with Crippen molar-refractivity contribution in [1.82, 2.24) is 0 Å². The molecule has 0 spiro atoms. The SMILES string of the molecule is C=C(COCCC(C)(O)C(F)(F)F)C(=O)OCCCC. The maximum atomic E-state index is 12.3. The van der Waals surface area contributed by atoms with Gasteiger partial charge < -0.3 is 14.6 Å². The summed E-state index contributed by atoms with van der Waals surface area (Å²) in [6.07, 6.45) is -3.72. The lowest BCUT2D eigenvalue weighted by Gasteiger charge is -2.25. The first-order valence-corrected chi connectivity index (χ1v) is 6.33. The molecule has 0 radical (unpaired) electrons. The molecule has 1 unspecified atom stereocenters. The molecule has 0 bridgehead atoms. The van der Waals surface area contributed by atoms with Crippen LogP contribution < -0.4 is 0 Å². The molecular weight excluding hydrogens is 277 g/mol. The first-order chi connectivity index (χ1) is 9.12. The Balaban J connectivity index is 3.90. The number of hydrogen-bond acceptors (Lipinski definition) is 4. The van der Waals surface area contributed by atoms with E-state index in [0.29, 0.717) is 6.92 Å². The molecule has 7 heteroatoms. The molecule has 0 saturated heterocycles. The summed E-state index contributed by atoms with van der Waals surface area (Å²) in [5, 5.41) is 9.15. The van der Waals surface area contributed by atoms with Gasteiger partial charge in [-0.25, -0.2) is 4.79 Å². The van der Waals surface area contributed by atoms with Crippen LogP contribution in [-0.4, -0.2) is 42.7 Å². The van der Waals surface area contributed by atoms with Gasteiger partial charge in [-0.3, -0.25) is 0 Å². The highest BCUT2D eigenvalue weighted by molar-refractivity contribution is 5.87. The van der Waals surface area contributed by atoms with Crippen LogP contribution in [0.5, 0.6) is 0 Å². The van der Waals surface area contributed by atoms with Crippen LogP contribution in [0.15, 0.2) is 12.2 Å². The van der Waals surface area contributed by atoms with E-state index in [0.717, 1.165) is 12.8 Å². The second-order valence-corrected chi connectivity index (χ2v) is 4.67. The monoisotopic (exact) mass is 298 g/mol. The molecule has 20 heavy (non-hydrogen) atoms. The van der Waals surface area contributed by atoms with Gasteiger partial charge in [0, 0.05) is 6.42 Å². The first kappa shape index (κ1) is 18.9. The Bertz CT molecular complexity index is 324. The highest BCUT2D eigenvalue weighted by atomic mass is 19.4.